The molecule has 0 aliphatic rings. The smallest absolute Gasteiger partial charge is 0.305 e. The number of nitrogens with one attached hydrogen (secondary N) is 1. The molecule has 1 atom stereocenters. The van der Waals surface area contributed by atoms with Gasteiger partial charge in [-0.05, 0) is 26.0 Å². The van der Waals surface area contributed by atoms with Crippen molar-refractivity contribution < 1.29 is 19.4 Å². The third-order valence-corrected chi connectivity index (χ3v) is 4.08. The summed E-state index contributed by atoms with van der Waals surface area (Å²) in [6.07, 6.45) is 0.0312. The molecule has 0 fully saturated rings. The first kappa shape index (κ1) is 17.9. The second kappa shape index (κ2) is 8.44. The van der Waals surface area contributed by atoms with Gasteiger partial charge in [-0.25, -0.2) is 4.98 Å². The number of carboxylic acid groups (broad SMARTS) is 1. The summed E-state index contributed by atoms with van der Waals surface area (Å²) in [5, 5.41) is 13.9. The number of thiazole rings is 1. The van der Waals surface area contributed by atoms with Gasteiger partial charge in [0.15, 0.2) is 0 Å². The lowest BCUT2D eigenvalue weighted by molar-refractivity contribution is -0.137. The molecule has 2 N–H and O–H groups in total. The Labute approximate surface area is 144 Å². The third-order valence-electron chi connectivity index (χ3n) is 3.21. The Morgan fingerprint density at radius 3 is 2.71 bits per heavy atom. The van der Waals surface area contributed by atoms with Crippen LogP contribution in [0.25, 0.3) is 0 Å². The van der Waals surface area contributed by atoms with E-state index in [1.165, 1.54) is 16.9 Å². The molecule has 0 saturated heterocycles. The molecule has 1 heterocycles. The molecule has 1 amide bonds. The van der Waals surface area contributed by atoms with E-state index in [0.717, 1.165) is 10.8 Å². The number of aromatic nitrogens is 1. The predicted molar refractivity (Wildman–Crippen MR) is 91.2 cm³/mol. The molecule has 0 saturated carbocycles. The van der Waals surface area contributed by atoms with Gasteiger partial charge in [-0.1, -0.05) is 17.7 Å². The first-order valence-electron chi connectivity index (χ1n) is 7.56. The Morgan fingerprint density at radius 2 is 2.04 bits per heavy atom. The molecule has 6 nitrogen and oxygen atoms in total. The van der Waals surface area contributed by atoms with Gasteiger partial charge in [0.25, 0.3) is 0 Å². The number of ether oxygens (including phenoxy) is 1. The molecule has 0 radical (unpaired) electrons. The second-order valence-corrected chi connectivity index (χ2v) is 6.52. The minimum Gasteiger partial charge on any atom is -0.486 e. The highest BCUT2D eigenvalue weighted by atomic mass is 32.1. The highest BCUT2D eigenvalue weighted by molar-refractivity contribution is 7.09. The van der Waals surface area contributed by atoms with Crippen molar-refractivity contribution in [2.24, 2.45) is 0 Å². The molecule has 2 rings (SSSR count). The first-order valence-corrected chi connectivity index (χ1v) is 8.44. The summed E-state index contributed by atoms with van der Waals surface area (Å²) in [4.78, 5) is 26.8. The van der Waals surface area contributed by atoms with Crippen molar-refractivity contribution in [3.63, 3.8) is 0 Å². The fraction of sp³-hybridized carbons (Fsp3) is 0.353. The van der Waals surface area contributed by atoms with Crippen LogP contribution in [0, 0.1) is 6.92 Å². The molecular formula is C17H20N2O4S. The molecule has 0 aliphatic carbocycles. The summed E-state index contributed by atoms with van der Waals surface area (Å²) >= 11 is 1.43. The highest BCUT2D eigenvalue weighted by Crippen LogP contribution is 2.16. The first-order chi connectivity index (χ1) is 11.4. The Balaban J connectivity index is 1.81. The Hall–Kier alpha value is -2.41. The van der Waals surface area contributed by atoms with E-state index in [1.807, 2.05) is 36.6 Å². The van der Waals surface area contributed by atoms with Crippen molar-refractivity contribution in [3.8, 4) is 5.75 Å². The van der Waals surface area contributed by atoms with E-state index >= 15 is 0 Å². The minimum absolute atomic E-state index is 0.0988. The molecule has 1 unspecified atom stereocenters. The molecular weight excluding hydrogens is 328 g/mol. The normalized spacial score (nSPS) is 11.8. The van der Waals surface area contributed by atoms with Crippen LogP contribution >= 0.6 is 11.3 Å². The average molecular weight is 348 g/mol. The summed E-state index contributed by atoms with van der Waals surface area (Å²) < 4.78 is 5.66. The number of hydrogen-bond acceptors (Lipinski definition) is 5. The van der Waals surface area contributed by atoms with Crippen molar-refractivity contribution in [1.29, 1.82) is 0 Å². The van der Waals surface area contributed by atoms with Crippen molar-refractivity contribution in [3.05, 3.63) is 45.9 Å². The van der Waals surface area contributed by atoms with Crippen LogP contribution in [-0.2, 0) is 22.6 Å². The standard InChI is InChI=1S/C17H20N2O4S/c1-11-3-5-14(6-4-11)23-9-16-19-13(10-24-16)8-15(20)18-12(2)7-17(21)22/h3-6,10,12H,7-9H2,1-2H3,(H,18,20)(H,21,22). The third kappa shape index (κ3) is 6.00. The lowest BCUT2D eigenvalue weighted by Crippen LogP contribution is -2.35. The number of carbonyl (C=O) groups excluding carboxylic acids is 1. The number of aryl methyl sites for hydroxylation is 1. The molecule has 1 aromatic carbocycles. The maximum atomic E-state index is 11.9. The largest absolute Gasteiger partial charge is 0.486 e. The van der Waals surface area contributed by atoms with Gasteiger partial charge < -0.3 is 15.2 Å². The zero-order valence-electron chi connectivity index (χ0n) is 13.6. The van der Waals surface area contributed by atoms with Crippen molar-refractivity contribution in [2.75, 3.05) is 0 Å². The molecule has 1 aromatic heterocycles. The van der Waals surface area contributed by atoms with E-state index in [0.29, 0.717) is 12.3 Å². The Kier molecular flexibility index (Phi) is 6.31. The maximum absolute atomic E-state index is 11.9. The fourth-order valence-electron chi connectivity index (χ4n) is 2.08. The lowest BCUT2D eigenvalue weighted by atomic mass is 10.2. The number of carbonyl (C=O) groups is 2. The molecule has 0 aliphatic heterocycles. The number of benzene rings is 1. The number of nitrogens with zero attached hydrogens (tertiary/aromatic N) is 1. The minimum atomic E-state index is -0.938. The van der Waals surface area contributed by atoms with E-state index in [9.17, 15) is 9.59 Å². The van der Waals surface area contributed by atoms with Gasteiger partial charge in [0, 0.05) is 11.4 Å². The summed E-state index contributed by atoms with van der Waals surface area (Å²) in [7, 11) is 0. The van der Waals surface area contributed by atoms with E-state index in [4.69, 9.17) is 9.84 Å². The van der Waals surface area contributed by atoms with Crippen LogP contribution in [0.3, 0.4) is 0 Å². The van der Waals surface area contributed by atoms with Crippen LogP contribution in [0.2, 0.25) is 0 Å². The zero-order valence-corrected chi connectivity index (χ0v) is 14.4. The van der Waals surface area contributed by atoms with Crippen LogP contribution in [0.15, 0.2) is 29.6 Å². The number of hydrogen-bond donors (Lipinski definition) is 2. The molecule has 7 heteroatoms. The molecule has 24 heavy (non-hydrogen) atoms. The topological polar surface area (TPSA) is 88.5 Å². The van der Waals surface area contributed by atoms with E-state index < -0.39 is 12.0 Å². The average Bonchev–Trinajstić information content (AvgIpc) is 2.93. The van der Waals surface area contributed by atoms with Crippen molar-refractivity contribution >= 4 is 23.2 Å². The molecule has 0 spiro atoms. The van der Waals surface area contributed by atoms with E-state index in [1.54, 1.807) is 6.92 Å². The van der Waals surface area contributed by atoms with E-state index in [2.05, 4.69) is 10.3 Å². The quantitative estimate of drug-likeness (QED) is 0.765. The van der Waals surface area contributed by atoms with Gasteiger partial charge in [-0.3, -0.25) is 9.59 Å². The van der Waals surface area contributed by atoms with Gasteiger partial charge >= 0.3 is 5.97 Å². The Morgan fingerprint density at radius 1 is 1.33 bits per heavy atom. The lowest BCUT2D eigenvalue weighted by Gasteiger charge is -2.10. The molecule has 0 bridgehead atoms. The zero-order chi connectivity index (χ0) is 17.5. The van der Waals surface area contributed by atoms with Crippen LogP contribution in [0.4, 0.5) is 0 Å². The highest BCUT2D eigenvalue weighted by Gasteiger charge is 2.13. The maximum Gasteiger partial charge on any atom is 0.305 e. The van der Waals surface area contributed by atoms with Crippen LogP contribution in [0.1, 0.15) is 29.6 Å². The van der Waals surface area contributed by atoms with Crippen LogP contribution in [-0.4, -0.2) is 28.0 Å². The van der Waals surface area contributed by atoms with Gasteiger partial charge in [-0.2, -0.15) is 0 Å². The van der Waals surface area contributed by atoms with E-state index in [-0.39, 0.29) is 18.7 Å². The summed E-state index contributed by atoms with van der Waals surface area (Å²) in [5.41, 5.74) is 1.82. The van der Waals surface area contributed by atoms with Crippen LogP contribution < -0.4 is 10.1 Å². The van der Waals surface area contributed by atoms with Crippen LogP contribution in [0.5, 0.6) is 5.75 Å². The predicted octanol–water partition coefficient (Wildman–Crippen LogP) is 2.55. The molecule has 128 valence electrons. The van der Waals surface area contributed by atoms with Gasteiger partial charge in [0.2, 0.25) is 5.91 Å². The number of amides is 1. The fourth-order valence-corrected chi connectivity index (χ4v) is 2.78. The van der Waals surface area contributed by atoms with Crippen molar-refractivity contribution in [1.82, 2.24) is 10.3 Å². The number of carboxylic acids is 1. The summed E-state index contributed by atoms with van der Waals surface area (Å²) in [6.45, 7) is 4.03. The SMILES string of the molecule is Cc1ccc(OCc2nc(CC(=O)NC(C)CC(=O)O)cs2)cc1. The monoisotopic (exact) mass is 348 g/mol. The summed E-state index contributed by atoms with van der Waals surface area (Å²) in [6, 6.07) is 7.36. The number of aliphatic carboxylic acids is 1. The van der Waals surface area contributed by atoms with Gasteiger partial charge in [-0.15, -0.1) is 11.3 Å². The summed E-state index contributed by atoms with van der Waals surface area (Å²) in [5.74, 6) is -0.398. The Bertz CT molecular complexity index is 697. The second-order valence-electron chi connectivity index (χ2n) is 5.58. The number of rotatable bonds is 8. The van der Waals surface area contributed by atoms with Gasteiger partial charge in [0.1, 0.15) is 17.4 Å². The molecule has 2 aromatic rings. The van der Waals surface area contributed by atoms with Gasteiger partial charge in [0.05, 0.1) is 18.5 Å². The van der Waals surface area contributed by atoms with Crippen molar-refractivity contribution in [2.45, 2.75) is 39.3 Å².